The van der Waals surface area contributed by atoms with Crippen LogP contribution >= 0.6 is 11.7 Å². The molecule has 23 heavy (non-hydrogen) atoms. The number of fused-ring (bicyclic) bond motifs is 1. The molecule has 0 spiro atoms. The molecule has 3 N–H and O–H groups in total. The number of carbonyl (C=O) groups excluding carboxylic acids is 1. The molecule has 116 valence electrons. The van der Waals surface area contributed by atoms with E-state index in [1.165, 1.54) is 0 Å². The summed E-state index contributed by atoms with van der Waals surface area (Å²) >= 11 is 1.13. The summed E-state index contributed by atoms with van der Waals surface area (Å²) in [5.74, 6) is 0.165. The van der Waals surface area contributed by atoms with Crippen molar-refractivity contribution in [3.05, 3.63) is 30.0 Å². The Morgan fingerprint density at radius 3 is 3.09 bits per heavy atom. The van der Waals surface area contributed by atoms with E-state index in [4.69, 9.17) is 0 Å². The van der Waals surface area contributed by atoms with Crippen molar-refractivity contribution in [3.63, 3.8) is 0 Å². The first-order chi connectivity index (χ1) is 11.2. The highest BCUT2D eigenvalue weighted by atomic mass is 32.1. The Kier molecular flexibility index (Phi) is 3.36. The molecule has 1 unspecified atom stereocenters. The summed E-state index contributed by atoms with van der Waals surface area (Å²) in [5, 5.41) is 13.6. The number of hydrogen-bond acceptors (Lipinski definition) is 7. The van der Waals surface area contributed by atoms with Crippen LogP contribution in [-0.4, -0.2) is 42.0 Å². The molecule has 0 aliphatic carbocycles. The summed E-state index contributed by atoms with van der Waals surface area (Å²) < 4.78 is 8.13. The average molecular weight is 328 g/mol. The number of rotatable bonds is 3. The third-order valence-electron chi connectivity index (χ3n) is 3.72. The lowest BCUT2D eigenvalue weighted by Crippen LogP contribution is -2.35. The smallest absolute Gasteiger partial charge is 0.240 e. The summed E-state index contributed by atoms with van der Waals surface area (Å²) in [6.07, 6.45) is 1.88. The van der Waals surface area contributed by atoms with Crippen molar-refractivity contribution in [1.82, 2.24) is 24.1 Å². The number of carbonyl (C=O) groups is 1. The molecule has 1 aliphatic heterocycles. The largest absolute Gasteiger partial charge is 0.396 e. The van der Waals surface area contributed by atoms with Crippen molar-refractivity contribution < 1.29 is 9.90 Å². The van der Waals surface area contributed by atoms with Crippen LogP contribution < -0.4 is 5.43 Å². The molecular weight excluding hydrogens is 316 g/mol. The van der Waals surface area contributed by atoms with Crippen LogP contribution in [0, 0.1) is 5.92 Å². The molecular formula is C14H12N6O2S. The summed E-state index contributed by atoms with van der Waals surface area (Å²) in [4.78, 5) is 19.1. The molecule has 4 rings (SSSR count). The zero-order valence-electron chi connectivity index (χ0n) is 11.9. The van der Waals surface area contributed by atoms with E-state index >= 15 is 0 Å². The number of aromatic nitrogens is 4. The number of aliphatic hydroxyl groups is 1. The lowest BCUT2D eigenvalue weighted by molar-refractivity contribution is -0.122. The van der Waals surface area contributed by atoms with Gasteiger partial charge in [0.2, 0.25) is 5.91 Å². The van der Waals surface area contributed by atoms with E-state index in [2.05, 4.69) is 29.2 Å². The van der Waals surface area contributed by atoms with Crippen molar-refractivity contribution in [2.45, 2.75) is 6.42 Å². The van der Waals surface area contributed by atoms with Gasteiger partial charge in [0.05, 0.1) is 41.3 Å². The minimum absolute atomic E-state index is 0.124. The zero-order valence-corrected chi connectivity index (χ0v) is 12.7. The van der Waals surface area contributed by atoms with Crippen LogP contribution in [0.5, 0.6) is 0 Å². The van der Waals surface area contributed by atoms with Gasteiger partial charge in [-0.25, -0.2) is 10.4 Å². The van der Waals surface area contributed by atoms with Gasteiger partial charge in [-0.05, 0) is 12.1 Å². The van der Waals surface area contributed by atoms with Crippen molar-refractivity contribution in [2.24, 2.45) is 11.0 Å². The van der Waals surface area contributed by atoms with Crippen LogP contribution in [0.1, 0.15) is 12.0 Å². The molecule has 0 saturated heterocycles. The van der Waals surface area contributed by atoms with Gasteiger partial charge in [0.1, 0.15) is 5.69 Å². The Morgan fingerprint density at radius 1 is 1.39 bits per heavy atom. The molecule has 8 nitrogen and oxygen atoms in total. The normalized spacial score (nSPS) is 18.0. The van der Waals surface area contributed by atoms with E-state index in [1.54, 1.807) is 6.20 Å². The first-order valence-corrected chi connectivity index (χ1v) is 7.73. The Balaban J connectivity index is 1.75. The molecule has 0 radical (unpaired) electrons. The Hall–Kier alpha value is -2.65. The summed E-state index contributed by atoms with van der Waals surface area (Å²) in [6.45, 7) is -0.124. The fraction of sp³-hybridized carbons (Fsp3) is 0.214. The minimum atomic E-state index is -0.303. The SMILES string of the molecule is O=C1CC(CO)C(c2ccc3[nH]c(-c4cnsn4)nc3c2)=NN1. The van der Waals surface area contributed by atoms with Gasteiger partial charge in [0, 0.05) is 17.9 Å². The fourth-order valence-corrected chi connectivity index (χ4v) is 3.00. The maximum Gasteiger partial charge on any atom is 0.240 e. The number of benzene rings is 1. The van der Waals surface area contributed by atoms with Crippen LogP contribution in [0.15, 0.2) is 29.5 Å². The molecule has 0 bridgehead atoms. The number of amides is 1. The van der Waals surface area contributed by atoms with Gasteiger partial charge < -0.3 is 10.1 Å². The molecule has 1 atom stereocenters. The van der Waals surface area contributed by atoms with E-state index in [0.29, 0.717) is 17.2 Å². The highest BCUT2D eigenvalue weighted by Gasteiger charge is 2.25. The Morgan fingerprint density at radius 2 is 2.30 bits per heavy atom. The highest BCUT2D eigenvalue weighted by Crippen LogP contribution is 2.23. The summed E-state index contributed by atoms with van der Waals surface area (Å²) in [7, 11) is 0. The highest BCUT2D eigenvalue weighted by molar-refractivity contribution is 6.99. The molecule has 3 heterocycles. The number of aromatic amines is 1. The van der Waals surface area contributed by atoms with Gasteiger partial charge in [-0.2, -0.15) is 13.8 Å². The number of imidazole rings is 1. The molecule has 1 aliphatic rings. The van der Waals surface area contributed by atoms with Crippen molar-refractivity contribution in [3.8, 4) is 11.5 Å². The van der Waals surface area contributed by atoms with Gasteiger partial charge in [0.25, 0.3) is 0 Å². The zero-order chi connectivity index (χ0) is 15.8. The number of nitrogens with zero attached hydrogens (tertiary/aromatic N) is 4. The fourth-order valence-electron chi connectivity index (χ4n) is 2.59. The van der Waals surface area contributed by atoms with Crippen molar-refractivity contribution in [2.75, 3.05) is 6.61 Å². The van der Waals surface area contributed by atoms with E-state index in [9.17, 15) is 9.90 Å². The lowest BCUT2D eigenvalue weighted by Gasteiger charge is -2.20. The molecule has 0 saturated carbocycles. The molecule has 2 aromatic heterocycles. The Labute approximate surface area is 134 Å². The van der Waals surface area contributed by atoms with Gasteiger partial charge in [-0.3, -0.25) is 4.79 Å². The average Bonchev–Trinajstić information content (AvgIpc) is 3.22. The first kappa shape index (κ1) is 14.0. The summed E-state index contributed by atoms with van der Waals surface area (Å²) in [5.41, 5.74) is 6.29. The Bertz CT molecular complexity index is 901. The maximum atomic E-state index is 11.4. The maximum absolute atomic E-state index is 11.4. The lowest BCUT2D eigenvalue weighted by atomic mass is 9.93. The quantitative estimate of drug-likeness (QED) is 0.661. The van der Waals surface area contributed by atoms with Crippen LogP contribution in [0.4, 0.5) is 0 Å². The van der Waals surface area contributed by atoms with Crippen LogP contribution in [-0.2, 0) is 4.79 Å². The number of aliphatic hydroxyl groups excluding tert-OH is 1. The van der Waals surface area contributed by atoms with Gasteiger partial charge >= 0.3 is 0 Å². The van der Waals surface area contributed by atoms with E-state index in [0.717, 1.165) is 28.3 Å². The van der Waals surface area contributed by atoms with Crippen molar-refractivity contribution >= 4 is 34.4 Å². The van der Waals surface area contributed by atoms with E-state index in [1.807, 2.05) is 18.2 Å². The molecule has 9 heteroatoms. The third-order valence-corrected chi connectivity index (χ3v) is 4.20. The van der Waals surface area contributed by atoms with Crippen LogP contribution in [0.25, 0.3) is 22.6 Å². The predicted molar refractivity (Wildman–Crippen MR) is 84.9 cm³/mol. The predicted octanol–water partition coefficient (Wildman–Crippen LogP) is 0.914. The van der Waals surface area contributed by atoms with Gasteiger partial charge in [-0.1, -0.05) is 6.07 Å². The van der Waals surface area contributed by atoms with Gasteiger partial charge in [0.15, 0.2) is 5.82 Å². The minimum Gasteiger partial charge on any atom is -0.396 e. The molecule has 1 aromatic carbocycles. The van der Waals surface area contributed by atoms with Gasteiger partial charge in [-0.15, -0.1) is 0 Å². The topological polar surface area (TPSA) is 116 Å². The number of hydrogen-bond donors (Lipinski definition) is 3. The molecule has 1 amide bonds. The molecule has 0 fully saturated rings. The van der Waals surface area contributed by atoms with E-state index < -0.39 is 0 Å². The standard InChI is InChI=1S/C14H12N6O2S/c21-6-8-4-12(22)18-19-13(8)7-1-2-9-10(3-7)17-14(16-9)11-5-15-23-20-11/h1-3,5,8,21H,4,6H2,(H,16,17)(H,18,22). The van der Waals surface area contributed by atoms with Crippen LogP contribution in [0.3, 0.4) is 0 Å². The van der Waals surface area contributed by atoms with E-state index in [-0.39, 0.29) is 24.9 Å². The monoisotopic (exact) mass is 328 g/mol. The second-order valence-electron chi connectivity index (χ2n) is 5.23. The first-order valence-electron chi connectivity index (χ1n) is 7.00. The number of hydrazone groups is 1. The molecule has 3 aromatic rings. The second-order valence-corrected chi connectivity index (χ2v) is 5.78. The third kappa shape index (κ3) is 2.49. The second kappa shape index (κ2) is 5.52. The number of H-pyrrole nitrogens is 1. The van der Waals surface area contributed by atoms with Crippen LogP contribution in [0.2, 0.25) is 0 Å². The number of nitrogens with one attached hydrogen (secondary N) is 2. The van der Waals surface area contributed by atoms with Crippen molar-refractivity contribution in [1.29, 1.82) is 0 Å². The summed E-state index contributed by atoms with van der Waals surface area (Å²) in [6, 6.07) is 5.67.